The third kappa shape index (κ3) is 5.53. The predicted molar refractivity (Wildman–Crippen MR) is 140 cm³/mol. The highest BCUT2D eigenvalue weighted by molar-refractivity contribution is 8.04. The highest BCUT2D eigenvalue weighted by atomic mass is 35.5. The Kier molecular flexibility index (Phi) is 7.93. The molecule has 186 valence electrons. The van der Waals surface area contributed by atoms with E-state index in [2.05, 4.69) is 10.2 Å². The smallest absolute Gasteiger partial charge is 0.342 e. The summed E-state index contributed by atoms with van der Waals surface area (Å²) in [7, 11) is 3.13. The van der Waals surface area contributed by atoms with Crippen molar-refractivity contribution in [2.45, 2.75) is 18.6 Å². The summed E-state index contributed by atoms with van der Waals surface area (Å²) in [5, 5.41) is 19.8. The van der Waals surface area contributed by atoms with Crippen LogP contribution in [0.2, 0.25) is 10.0 Å². The Labute approximate surface area is 221 Å². The Morgan fingerprint density at radius 2 is 1.81 bits per heavy atom. The van der Waals surface area contributed by atoms with Gasteiger partial charge in [-0.15, -0.1) is 10.2 Å². The van der Waals surface area contributed by atoms with E-state index in [4.69, 9.17) is 37.1 Å². The van der Waals surface area contributed by atoms with Gasteiger partial charge in [0.2, 0.25) is 0 Å². The zero-order valence-corrected chi connectivity index (χ0v) is 21.8. The molecular weight excluding hydrogens is 525 g/mol. The van der Waals surface area contributed by atoms with Gasteiger partial charge in [0.1, 0.15) is 27.9 Å². The summed E-state index contributed by atoms with van der Waals surface area (Å²) in [6.07, 6.45) is 1.43. The Hall–Kier alpha value is -3.40. The Morgan fingerprint density at radius 1 is 1.08 bits per heavy atom. The van der Waals surface area contributed by atoms with Crippen LogP contribution in [0.5, 0.6) is 11.5 Å². The molecule has 1 N–H and O–H groups in total. The number of hydrogen-bond acceptors (Lipinski definition) is 7. The zero-order valence-electron chi connectivity index (χ0n) is 19.5. The maximum Gasteiger partial charge on any atom is 0.342 e. The van der Waals surface area contributed by atoms with E-state index in [9.17, 15) is 9.90 Å². The summed E-state index contributed by atoms with van der Waals surface area (Å²) in [6.45, 7) is 2.43. The molecule has 0 saturated carbocycles. The molecule has 0 aliphatic rings. The van der Waals surface area contributed by atoms with Gasteiger partial charge in [-0.3, -0.25) is 0 Å². The van der Waals surface area contributed by atoms with Gasteiger partial charge < -0.3 is 23.6 Å². The summed E-state index contributed by atoms with van der Waals surface area (Å²) in [4.78, 5) is 12.1. The molecule has 2 heterocycles. The fourth-order valence-corrected chi connectivity index (χ4v) is 4.67. The lowest BCUT2D eigenvalue weighted by Gasteiger charge is -2.10. The van der Waals surface area contributed by atoms with Gasteiger partial charge >= 0.3 is 5.97 Å². The van der Waals surface area contributed by atoms with Gasteiger partial charge in [-0.25, -0.2) is 4.79 Å². The minimum absolute atomic E-state index is 0.00460. The van der Waals surface area contributed by atoms with Crippen LogP contribution in [0.4, 0.5) is 0 Å². The number of furan rings is 1. The summed E-state index contributed by atoms with van der Waals surface area (Å²) in [5.74, 6) is 1.43. The third-order valence-corrected chi connectivity index (χ3v) is 6.71. The molecule has 36 heavy (non-hydrogen) atoms. The number of benzene rings is 2. The van der Waals surface area contributed by atoms with Gasteiger partial charge in [-0.05, 0) is 61.2 Å². The molecule has 4 rings (SSSR count). The largest absolute Gasteiger partial charge is 0.497 e. The fourth-order valence-electron chi connectivity index (χ4n) is 3.42. The van der Waals surface area contributed by atoms with E-state index < -0.39 is 5.97 Å². The molecule has 0 spiro atoms. The summed E-state index contributed by atoms with van der Waals surface area (Å²) >= 11 is 13.3. The van der Waals surface area contributed by atoms with Crippen LogP contribution in [0.1, 0.15) is 12.7 Å². The van der Waals surface area contributed by atoms with E-state index in [-0.39, 0.29) is 4.91 Å². The van der Waals surface area contributed by atoms with Crippen LogP contribution < -0.4 is 9.47 Å². The Morgan fingerprint density at radius 3 is 2.44 bits per heavy atom. The fraction of sp³-hybridized carbons (Fsp3) is 0.160. The van der Waals surface area contributed by atoms with Crippen molar-refractivity contribution in [2.75, 3.05) is 14.2 Å². The van der Waals surface area contributed by atoms with Crippen molar-refractivity contribution in [2.24, 2.45) is 0 Å². The first-order valence-corrected chi connectivity index (χ1v) is 12.2. The van der Waals surface area contributed by atoms with E-state index in [1.54, 1.807) is 50.6 Å². The molecule has 0 unspecified atom stereocenters. The molecule has 0 amide bonds. The first-order chi connectivity index (χ1) is 17.3. The van der Waals surface area contributed by atoms with Crippen molar-refractivity contribution in [3.05, 3.63) is 69.2 Å². The van der Waals surface area contributed by atoms with E-state index in [1.807, 2.05) is 23.6 Å². The number of rotatable bonds is 9. The van der Waals surface area contributed by atoms with Gasteiger partial charge in [0.25, 0.3) is 0 Å². The van der Waals surface area contributed by atoms with Crippen molar-refractivity contribution in [1.82, 2.24) is 14.8 Å². The first-order valence-electron chi connectivity index (χ1n) is 10.7. The van der Waals surface area contributed by atoms with Crippen LogP contribution in [0, 0.1) is 0 Å². The number of carbonyl (C=O) groups is 1. The molecule has 0 aliphatic carbocycles. The van der Waals surface area contributed by atoms with Crippen LogP contribution in [-0.2, 0) is 11.3 Å². The van der Waals surface area contributed by atoms with Crippen LogP contribution in [0.15, 0.2) is 63.0 Å². The van der Waals surface area contributed by atoms with Gasteiger partial charge in [-0.1, -0.05) is 23.2 Å². The molecule has 0 aliphatic heterocycles. The standard InChI is InChI=1S/C25H21Cl2N3O5S/c1-4-30-23(14-9-17(33-2)12-18(10-14)34-3)28-29-25(30)36-22(24(31)32)13-16-6-8-21(35-16)19-11-15(26)5-7-20(19)27/h5-13H,4H2,1-3H3,(H,31,32)/b22-13-. The number of ether oxygens (including phenoxy) is 2. The molecule has 0 fully saturated rings. The molecule has 4 aromatic rings. The van der Waals surface area contributed by atoms with Crippen LogP contribution in [-0.4, -0.2) is 40.1 Å². The van der Waals surface area contributed by atoms with Gasteiger partial charge in [0.05, 0.1) is 19.2 Å². The molecule has 2 aromatic carbocycles. The molecule has 2 aromatic heterocycles. The number of hydrogen-bond donors (Lipinski definition) is 1. The summed E-state index contributed by atoms with van der Waals surface area (Å²) < 4.78 is 18.4. The second kappa shape index (κ2) is 11.1. The number of halogens is 2. The van der Waals surface area contributed by atoms with Crippen molar-refractivity contribution in [3.8, 4) is 34.2 Å². The normalized spacial score (nSPS) is 11.5. The first kappa shape index (κ1) is 25.7. The number of thioether (sulfide) groups is 1. The van der Waals surface area contributed by atoms with E-state index in [1.165, 1.54) is 6.08 Å². The monoisotopic (exact) mass is 545 g/mol. The molecule has 8 nitrogen and oxygen atoms in total. The quantitative estimate of drug-likeness (QED) is 0.182. The average molecular weight is 546 g/mol. The molecule has 0 bridgehead atoms. The van der Waals surface area contributed by atoms with Gasteiger partial charge in [-0.2, -0.15) is 0 Å². The maximum atomic E-state index is 12.1. The number of aliphatic carboxylic acids is 1. The second-order valence-electron chi connectivity index (χ2n) is 7.39. The lowest BCUT2D eigenvalue weighted by molar-refractivity contribution is -0.131. The SMILES string of the molecule is CCn1c(S/C(=C\c2ccc(-c3cc(Cl)ccc3Cl)o2)C(=O)O)nnc1-c1cc(OC)cc(OC)c1. The highest BCUT2D eigenvalue weighted by Crippen LogP contribution is 2.35. The highest BCUT2D eigenvalue weighted by Gasteiger charge is 2.20. The Bertz CT molecular complexity index is 1430. The van der Waals surface area contributed by atoms with E-state index in [0.29, 0.717) is 56.2 Å². The molecule has 0 radical (unpaired) electrons. The predicted octanol–water partition coefficient (Wildman–Crippen LogP) is 6.77. The average Bonchev–Trinajstić information content (AvgIpc) is 3.51. The molecule has 0 atom stereocenters. The van der Waals surface area contributed by atoms with Gasteiger partial charge in [0.15, 0.2) is 11.0 Å². The van der Waals surface area contributed by atoms with Crippen molar-refractivity contribution < 1.29 is 23.8 Å². The second-order valence-corrected chi connectivity index (χ2v) is 9.25. The van der Waals surface area contributed by atoms with E-state index >= 15 is 0 Å². The molecular formula is C25H21Cl2N3O5S. The van der Waals surface area contributed by atoms with Crippen LogP contribution in [0.25, 0.3) is 28.8 Å². The number of carboxylic acids is 1. The van der Waals surface area contributed by atoms with Crippen LogP contribution in [0.3, 0.4) is 0 Å². The summed E-state index contributed by atoms with van der Waals surface area (Å²) in [6, 6.07) is 13.8. The number of carboxylic acid groups (broad SMARTS) is 1. The van der Waals surface area contributed by atoms with Crippen molar-refractivity contribution >= 4 is 47.0 Å². The third-order valence-electron chi connectivity index (χ3n) is 5.15. The molecule has 11 heteroatoms. The summed E-state index contributed by atoms with van der Waals surface area (Å²) in [5.41, 5.74) is 1.33. The van der Waals surface area contributed by atoms with E-state index in [0.717, 1.165) is 17.3 Å². The lowest BCUT2D eigenvalue weighted by atomic mass is 10.2. The number of nitrogens with zero attached hydrogens (tertiary/aromatic N) is 3. The zero-order chi connectivity index (χ0) is 25.8. The van der Waals surface area contributed by atoms with Crippen molar-refractivity contribution in [3.63, 3.8) is 0 Å². The number of methoxy groups -OCH3 is 2. The topological polar surface area (TPSA) is 99.6 Å². The lowest BCUT2D eigenvalue weighted by Crippen LogP contribution is -2.03. The van der Waals surface area contributed by atoms with Gasteiger partial charge in [0, 0.05) is 34.8 Å². The molecule has 0 saturated heterocycles. The maximum absolute atomic E-state index is 12.1. The Balaban J connectivity index is 1.66. The van der Waals surface area contributed by atoms with Crippen molar-refractivity contribution in [1.29, 1.82) is 0 Å². The minimum Gasteiger partial charge on any atom is -0.497 e. The van der Waals surface area contributed by atoms with Crippen LogP contribution >= 0.6 is 35.0 Å². The minimum atomic E-state index is -1.13. The number of aromatic nitrogens is 3.